The normalized spacial score (nSPS) is 14.1. The van der Waals surface area contributed by atoms with Crippen molar-refractivity contribution in [1.29, 1.82) is 0 Å². The van der Waals surface area contributed by atoms with Gasteiger partial charge in [0, 0.05) is 49.9 Å². The second-order valence-corrected chi connectivity index (χ2v) is 19.8. The smallest absolute Gasteiger partial charge is 0.271 e. The van der Waals surface area contributed by atoms with Crippen molar-refractivity contribution in [3.8, 4) is 23.0 Å². The Kier molecular flexibility index (Phi) is 15.7. The van der Waals surface area contributed by atoms with Gasteiger partial charge in [-0.1, -0.05) is 72.8 Å². The van der Waals surface area contributed by atoms with E-state index in [0.29, 0.717) is 53.4 Å². The lowest BCUT2D eigenvalue weighted by Gasteiger charge is -2.22. The number of non-ortho nitro benzene ring substituents is 2. The van der Waals surface area contributed by atoms with Crippen molar-refractivity contribution in [2.45, 2.75) is 35.5 Å². The van der Waals surface area contributed by atoms with Crippen molar-refractivity contribution in [1.82, 2.24) is 9.44 Å². The summed E-state index contributed by atoms with van der Waals surface area (Å²) in [5.41, 5.74) is 4.63. The van der Waals surface area contributed by atoms with Crippen molar-refractivity contribution < 1.29 is 64.7 Å². The van der Waals surface area contributed by atoms with Gasteiger partial charge in [0.05, 0.1) is 46.1 Å². The number of nitro groups is 2. The van der Waals surface area contributed by atoms with Gasteiger partial charge in [-0.3, -0.25) is 29.8 Å². The summed E-state index contributed by atoms with van der Waals surface area (Å²) in [4.78, 5) is 47.1. The minimum atomic E-state index is -4.49. The van der Waals surface area contributed by atoms with Crippen molar-refractivity contribution in [2.24, 2.45) is 0 Å². The van der Waals surface area contributed by atoms with Crippen LogP contribution in [-0.2, 0) is 64.8 Å². The molecule has 1 aliphatic carbocycles. The van der Waals surface area contributed by atoms with Gasteiger partial charge in [-0.25, -0.2) is 26.3 Å². The van der Waals surface area contributed by atoms with Crippen LogP contribution in [0.15, 0.2) is 131 Å². The van der Waals surface area contributed by atoms with E-state index in [0.717, 1.165) is 70.8 Å². The Bertz CT molecular complexity index is 3030. The summed E-state index contributed by atoms with van der Waals surface area (Å²) in [5.74, 6) is -0.472. The Morgan fingerprint density at radius 2 is 0.750 bits per heavy atom. The maximum atomic E-state index is 13.5. The monoisotopic (exact) mass is 1020 g/mol. The molecule has 0 radical (unpaired) electrons. The zero-order chi connectivity index (χ0) is 50.8. The highest BCUT2D eigenvalue weighted by Crippen LogP contribution is 2.39. The Morgan fingerprint density at radius 3 is 1.08 bits per heavy atom. The maximum absolute atomic E-state index is 13.5. The number of amides is 2. The van der Waals surface area contributed by atoms with Gasteiger partial charge >= 0.3 is 0 Å². The number of nitrogens with zero attached hydrogens (tertiary/aromatic N) is 2. The van der Waals surface area contributed by atoms with Crippen molar-refractivity contribution in [3.05, 3.63) is 186 Å². The molecule has 6 aromatic carbocycles. The number of ether oxygens (including phenoxy) is 6. The Hall–Kier alpha value is -7.92. The number of fused-ring (bicyclic) bond motifs is 4. The van der Waals surface area contributed by atoms with Crippen molar-refractivity contribution >= 4 is 43.2 Å². The number of hydrogen-bond donors (Lipinski definition) is 2. The standard InChI is InChI=1S/C50H46N4O16S2/c55-45(51-71(61,62)43-17-13-41(14-18-43)53(57)58)31-69-49-37-9-3-11-39(49)30-40-12-4-10-38(50(40)70-32-46(56)52-72(63,64)44-19-15-42(16-20-44)54(59)60)29-36-8-2-6-34-27-33-5-1-7-35(28-37)47(33)67-25-23-65-21-22-66-24-26-68-48(34)36/h1-20H,21-32H2,(H,51,55)(H,52,56). The first-order chi connectivity index (χ1) is 34.6. The zero-order valence-corrected chi connectivity index (χ0v) is 39.9. The maximum Gasteiger partial charge on any atom is 0.271 e. The van der Waals surface area contributed by atoms with Gasteiger partial charge in [0.15, 0.2) is 13.2 Å². The Balaban J connectivity index is 1.19. The number of para-hydroxylation sites is 4. The number of carbonyl (C=O) groups is 2. The third-order valence-corrected chi connectivity index (χ3v) is 14.2. The van der Waals surface area contributed by atoms with E-state index in [1.807, 2.05) is 45.8 Å². The molecule has 2 aliphatic rings. The van der Waals surface area contributed by atoms with Crippen LogP contribution < -0.4 is 28.4 Å². The fourth-order valence-corrected chi connectivity index (χ4v) is 10.1. The molecule has 2 N–H and O–H groups in total. The van der Waals surface area contributed by atoms with E-state index in [1.54, 1.807) is 36.4 Å². The Labute approximate surface area is 413 Å². The molecule has 8 rings (SSSR count). The van der Waals surface area contributed by atoms with E-state index < -0.39 is 54.9 Å². The van der Waals surface area contributed by atoms with Crippen LogP contribution >= 0.6 is 0 Å². The second kappa shape index (κ2) is 22.4. The van der Waals surface area contributed by atoms with Gasteiger partial charge in [-0.15, -0.1) is 0 Å². The van der Waals surface area contributed by atoms with E-state index in [1.165, 1.54) is 0 Å². The van der Waals surface area contributed by atoms with Crippen LogP contribution in [0.4, 0.5) is 11.4 Å². The summed E-state index contributed by atoms with van der Waals surface area (Å²) in [6, 6.07) is 30.2. The number of sulfonamides is 2. The number of nitro benzene ring substituents is 2. The minimum Gasteiger partial charge on any atom is -0.491 e. The number of rotatable bonds is 12. The number of carbonyl (C=O) groups excluding carboxylic acids is 2. The molecule has 0 unspecified atom stereocenters. The predicted molar refractivity (Wildman–Crippen MR) is 257 cm³/mol. The lowest BCUT2D eigenvalue weighted by Crippen LogP contribution is -2.34. The van der Waals surface area contributed by atoms with Crippen LogP contribution in [0.5, 0.6) is 23.0 Å². The number of benzene rings is 6. The molecule has 0 spiro atoms. The topological polar surface area (TPSA) is 268 Å². The van der Waals surface area contributed by atoms with Crippen LogP contribution in [0.25, 0.3) is 0 Å². The molecule has 0 atom stereocenters. The second-order valence-electron chi connectivity index (χ2n) is 16.4. The number of nitrogens with one attached hydrogen (secondary N) is 2. The fourth-order valence-electron chi connectivity index (χ4n) is 8.20. The molecule has 6 aromatic rings. The third-order valence-electron chi connectivity index (χ3n) is 11.5. The Morgan fingerprint density at radius 1 is 0.458 bits per heavy atom. The van der Waals surface area contributed by atoms with E-state index >= 15 is 0 Å². The fraction of sp³-hybridized carbons (Fsp3) is 0.240. The molecule has 22 heteroatoms. The summed E-state index contributed by atoms with van der Waals surface area (Å²) in [5, 5.41) is 22.4. The van der Waals surface area contributed by atoms with Crippen LogP contribution in [0, 0.1) is 20.2 Å². The first-order valence-corrected chi connectivity index (χ1v) is 25.3. The summed E-state index contributed by atoms with van der Waals surface area (Å²) >= 11 is 0. The zero-order valence-electron chi connectivity index (χ0n) is 38.3. The van der Waals surface area contributed by atoms with Crippen LogP contribution in [0.1, 0.15) is 44.5 Å². The lowest BCUT2D eigenvalue weighted by atomic mass is 9.91. The SMILES string of the molecule is O=C(COc1c2cccc1Cc1cccc(c1OCC(=O)NS(=O)(=O)c1ccc([N+](=O)[O-])cc1)Cc1cccc3c1OCCOCCOCCOc1c(cccc1C2)C3)NS(=O)(=O)c1ccc([N+](=O)[O-])cc1. The van der Waals surface area contributed by atoms with E-state index in [-0.39, 0.29) is 78.4 Å². The molecule has 2 amide bonds. The molecule has 20 nitrogen and oxygen atoms in total. The molecule has 0 fully saturated rings. The highest BCUT2D eigenvalue weighted by molar-refractivity contribution is 7.90. The van der Waals surface area contributed by atoms with Crippen molar-refractivity contribution in [3.63, 3.8) is 0 Å². The van der Waals surface area contributed by atoms with Crippen LogP contribution in [0.3, 0.4) is 0 Å². The van der Waals surface area contributed by atoms with E-state index in [4.69, 9.17) is 28.4 Å². The summed E-state index contributed by atoms with van der Waals surface area (Å²) in [6.07, 6.45) is 0.785. The molecule has 0 aromatic heterocycles. The number of hydrogen-bond acceptors (Lipinski definition) is 16. The van der Waals surface area contributed by atoms with Gasteiger partial charge in [-0.2, -0.15) is 0 Å². The molecule has 1 aliphatic heterocycles. The summed E-state index contributed by atoms with van der Waals surface area (Å²) in [7, 11) is -8.98. The predicted octanol–water partition coefficient (Wildman–Crippen LogP) is 5.75. The van der Waals surface area contributed by atoms with Crippen LogP contribution in [0.2, 0.25) is 0 Å². The molecule has 10 bridgehead atoms. The molecule has 0 saturated carbocycles. The lowest BCUT2D eigenvalue weighted by molar-refractivity contribution is -0.385. The van der Waals surface area contributed by atoms with E-state index in [2.05, 4.69) is 0 Å². The van der Waals surface area contributed by atoms with Crippen molar-refractivity contribution in [2.75, 3.05) is 52.9 Å². The highest BCUT2D eigenvalue weighted by atomic mass is 32.2. The first-order valence-electron chi connectivity index (χ1n) is 22.3. The average Bonchev–Trinajstić information content (AvgIpc) is 3.35. The summed E-state index contributed by atoms with van der Waals surface area (Å²) < 4.78 is 94.1. The molecule has 0 saturated heterocycles. The largest absolute Gasteiger partial charge is 0.491 e. The molecule has 72 heavy (non-hydrogen) atoms. The van der Waals surface area contributed by atoms with Gasteiger partial charge in [0.2, 0.25) is 0 Å². The van der Waals surface area contributed by atoms with Crippen LogP contribution in [-0.4, -0.2) is 91.4 Å². The third kappa shape index (κ3) is 12.3. The molecule has 374 valence electrons. The molecule has 1 heterocycles. The quantitative estimate of drug-likeness (QED) is 0.109. The van der Waals surface area contributed by atoms with E-state index in [9.17, 15) is 46.7 Å². The molecular weight excluding hydrogens is 977 g/mol. The average molecular weight is 1020 g/mol. The van der Waals surface area contributed by atoms with Gasteiger partial charge < -0.3 is 28.4 Å². The highest BCUT2D eigenvalue weighted by Gasteiger charge is 2.26. The first kappa shape index (κ1) is 50.5. The summed E-state index contributed by atoms with van der Waals surface area (Å²) in [6.45, 7) is 0.0181. The van der Waals surface area contributed by atoms with Gasteiger partial charge in [0.25, 0.3) is 43.2 Å². The van der Waals surface area contributed by atoms with Gasteiger partial charge in [0.1, 0.15) is 36.2 Å². The molecular formula is C50H46N4O16S2. The van der Waals surface area contributed by atoms with Gasteiger partial charge in [-0.05, 0) is 68.8 Å². The minimum absolute atomic E-state index is 0.0409.